The van der Waals surface area contributed by atoms with Gasteiger partial charge in [0.25, 0.3) is 0 Å². The number of esters is 1. The summed E-state index contributed by atoms with van der Waals surface area (Å²) in [5, 5.41) is 9.13. The highest BCUT2D eigenvalue weighted by Gasteiger charge is 2.22. The van der Waals surface area contributed by atoms with Crippen molar-refractivity contribution in [3.8, 4) is 32.6 Å². The van der Waals surface area contributed by atoms with Gasteiger partial charge in [-0.15, -0.1) is 21.5 Å². The van der Waals surface area contributed by atoms with Crippen LogP contribution in [0, 0.1) is 0 Å². The molecule has 0 N–H and O–H groups in total. The van der Waals surface area contributed by atoms with Crippen molar-refractivity contribution in [1.82, 2.24) is 14.8 Å². The van der Waals surface area contributed by atoms with Gasteiger partial charge in [0.2, 0.25) is 0 Å². The molecular formula is C23H18ClN3O3S. The summed E-state index contributed by atoms with van der Waals surface area (Å²) in [6.45, 7) is 0.565. The molecule has 0 aliphatic carbocycles. The number of nitrogens with zero attached hydrogens (tertiary/aromatic N) is 3. The van der Waals surface area contributed by atoms with E-state index in [9.17, 15) is 4.79 Å². The molecule has 0 unspecified atom stereocenters. The maximum absolute atomic E-state index is 11.6. The number of hydrogen-bond acceptors (Lipinski definition) is 6. The van der Waals surface area contributed by atoms with Gasteiger partial charge in [-0.25, -0.2) is 0 Å². The van der Waals surface area contributed by atoms with Crippen LogP contribution in [0.1, 0.15) is 11.1 Å². The Kier molecular flexibility index (Phi) is 5.21. The van der Waals surface area contributed by atoms with E-state index in [1.165, 1.54) is 12.7 Å². The van der Waals surface area contributed by atoms with Crippen molar-refractivity contribution in [3.05, 3.63) is 71.0 Å². The summed E-state index contributed by atoms with van der Waals surface area (Å²) >= 11 is 8.05. The van der Waals surface area contributed by atoms with Gasteiger partial charge in [-0.3, -0.25) is 9.36 Å². The van der Waals surface area contributed by atoms with E-state index in [-0.39, 0.29) is 12.4 Å². The number of carbonyl (C=O) groups is 1. The van der Waals surface area contributed by atoms with E-state index < -0.39 is 0 Å². The number of ether oxygens (including phenoxy) is 2. The number of para-hydroxylation sites is 1. The molecule has 2 aromatic carbocycles. The molecule has 2 aromatic heterocycles. The van der Waals surface area contributed by atoms with Crippen LogP contribution in [0.15, 0.2) is 54.9 Å². The topological polar surface area (TPSA) is 66.2 Å². The zero-order valence-electron chi connectivity index (χ0n) is 16.7. The fourth-order valence-electron chi connectivity index (χ4n) is 3.67. The van der Waals surface area contributed by atoms with Gasteiger partial charge in [0, 0.05) is 16.9 Å². The summed E-state index contributed by atoms with van der Waals surface area (Å²) in [5.41, 5.74) is 3.92. The Morgan fingerprint density at radius 2 is 2.13 bits per heavy atom. The summed E-state index contributed by atoms with van der Waals surface area (Å²) in [4.78, 5) is 13.8. The molecule has 3 heterocycles. The van der Waals surface area contributed by atoms with Gasteiger partial charge in [0.1, 0.15) is 12.1 Å². The second kappa shape index (κ2) is 8.17. The minimum Gasteiger partial charge on any atom is -0.493 e. The average molecular weight is 452 g/mol. The molecule has 4 aromatic rings. The van der Waals surface area contributed by atoms with Crippen molar-refractivity contribution in [3.63, 3.8) is 0 Å². The van der Waals surface area contributed by atoms with E-state index >= 15 is 0 Å². The molecule has 8 heteroatoms. The SMILES string of the molecule is COC(=O)Cc1ccc2c(c1)OCCc1cc(-c3nncn3-c3ccccc3Cl)sc1-2. The van der Waals surface area contributed by atoms with Gasteiger partial charge in [-0.05, 0) is 41.5 Å². The lowest BCUT2D eigenvalue weighted by Gasteiger charge is -2.10. The summed E-state index contributed by atoms with van der Waals surface area (Å²) in [6.07, 6.45) is 2.68. The summed E-state index contributed by atoms with van der Waals surface area (Å²) in [5.74, 6) is 1.25. The van der Waals surface area contributed by atoms with Crippen LogP contribution in [0.2, 0.25) is 5.02 Å². The maximum Gasteiger partial charge on any atom is 0.309 e. The zero-order valence-corrected chi connectivity index (χ0v) is 18.2. The first kappa shape index (κ1) is 19.8. The second-order valence-corrected chi connectivity index (χ2v) is 8.58. The van der Waals surface area contributed by atoms with E-state index in [0.29, 0.717) is 11.6 Å². The summed E-state index contributed by atoms with van der Waals surface area (Å²) in [6, 6.07) is 15.7. The van der Waals surface area contributed by atoms with Crippen molar-refractivity contribution in [2.45, 2.75) is 12.8 Å². The van der Waals surface area contributed by atoms with E-state index in [1.807, 2.05) is 47.0 Å². The molecule has 1 aliphatic heterocycles. The second-order valence-electron chi connectivity index (χ2n) is 7.12. The van der Waals surface area contributed by atoms with E-state index in [0.717, 1.165) is 44.6 Å². The quantitative estimate of drug-likeness (QED) is 0.410. The van der Waals surface area contributed by atoms with Crippen LogP contribution in [0.25, 0.3) is 26.8 Å². The first-order chi connectivity index (χ1) is 15.1. The highest BCUT2D eigenvalue weighted by molar-refractivity contribution is 7.19. The molecule has 0 bridgehead atoms. The number of methoxy groups -OCH3 is 1. The largest absolute Gasteiger partial charge is 0.493 e. The molecule has 0 radical (unpaired) electrons. The number of halogens is 1. The Hall–Kier alpha value is -3.16. The average Bonchev–Trinajstić information content (AvgIpc) is 3.38. The first-order valence-electron chi connectivity index (χ1n) is 9.75. The predicted molar refractivity (Wildman–Crippen MR) is 120 cm³/mol. The fraction of sp³-hybridized carbons (Fsp3) is 0.174. The van der Waals surface area contributed by atoms with Crippen molar-refractivity contribution in [2.75, 3.05) is 13.7 Å². The number of thiophene rings is 1. The van der Waals surface area contributed by atoms with Crippen molar-refractivity contribution >= 4 is 28.9 Å². The van der Waals surface area contributed by atoms with Crippen LogP contribution < -0.4 is 4.74 Å². The zero-order chi connectivity index (χ0) is 21.4. The third-order valence-corrected chi connectivity index (χ3v) is 6.71. The monoisotopic (exact) mass is 451 g/mol. The molecule has 0 fully saturated rings. The standard InChI is InChI=1S/C23H18ClN3O3S/c1-29-21(28)11-14-6-7-16-19(10-14)30-9-8-15-12-20(31-22(15)16)23-26-25-13-27(23)18-5-3-2-4-17(18)24/h2-7,10,12-13H,8-9,11H2,1H3. The van der Waals surface area contributed by atoms with Crippen molar-refractivity contribution in [1.29, 1.82) is 0 Å². The van der Waals surface area contributed by atoms with E-state index in [2.05, 4.69) is 16.3 Å². The molecule has 31 heavy (non-hydrogen) atoms. The number of rotatable bonds is 4. The van der Waals surface area contributed by atoms with E-state index in [4.69, 9.17) is 21.1 Å². The van der Waals surface area contributed by atoms with Crippen LogP contribution in [0.4, 0.5) is 0 Å². The highest BCUT2D eigenvalue weighted by atomic mass is 35.5. The Morgan fingerprint density at radius 3 is 2.97 bits per heavy atom. The van der Waals surface area contributed by atoms with Gasteiger partial charge < -0.3 is 9.47 Å². The lowest BCUT2D eigenvalue weighted by Crippen LogP contribution is -2.05. The Morgan fingerprint density at radius 1 is 1.26 bits per heavy atom. The van der Waals surface area contributed by atoms with Crippen molar-refractivity contribution < 1.29 is 14.3 Å². The fourth-order valence-corrected chi connectivity index (χ4v) is 5.12. The van der Waals surface area contributed by atoms with E-state index in [1.54, 1.807) is 17.7 Å². The molecular weight excluding hydrogens is 434 g/mol. The molecule has 1 aliphatic rings. The van der Waals surface area contributed by atoms with Crippen LogP contribution in [-0.4, -0.2) is 34.5 Å². The number of aromatic nitrogens is 3. The highest BCUT2D eigenvalue weighted by Crippen LogP contribution is 2.44. The molecule has 0 amide bonds. The van der Waals surface area contributed by atoms with Gasteiger partial charge in [-0.1, -0.05) is 29.8 Å². The van der Waals surface area contributed by atoms with Gasteiger partial charge in [0.15, 0.2) is 5.82 Å². The van der Waals surface area contributed by atoms with Crippen molar-refractivity contribution in [2.24, 2.45) is 0 Å². The normalized spacial score (nSPS) is 12.5. The first-order valence-corrected chi connectivity index (χ1v) is 10.9. The molecule has 156 valence electrons. The smallest absolute Gasteiger partial charge is 0.309 e. The van der Waals surface area contributed by atoms with Crippen LogP contribution in [0.5, 0.6) is 5.75 Å². The molecule has 0 atom stereocenters. The number of benzene rings is 2. The summed E-state index contributed by atoms with van der Waals surface area (Å²) < 4.78 is 12.7. The van der Waals surface area contributed by atoms with Crippen LogP contribution in [0.3, 0.4) is 0 Å². The van der Waals surface area contributed by atoms with Gasteiger partial charge in [0.05, 0.1) is 35.7 Å². The Balaban J connectivity index is 1.56. The third-order valence-electron chi connectivity index (χ3n) is 5.18. The molecule has 0 spiro atoms. The Bertz CT molecular complexity index is 1280. The molecule has 0 saturated heterocycles. The number of hydrogen-bond donors (Lipinski definition) is 0. The van der Waals surface area contributed by atoms with Crippen LogP contribution in [-0.2, 0) is 22.4 Å². The summed E-state index contributed by atoms with van der Waals surface area (Å²) in [7, 11) is 1.39. The molecule has 6 nitrogen and oxygen atoms in total. The number of carbonyl (C=O) groups excluding carboxylic acids is 1. The lowest BCUT2D eigenvalue weighted by atomic mass is 10.0. The van der Waals surface area contributed by atoms with Crippen LogP contribution >= 0.6 is 22.9 Å². The minimum absolute atomic E-state index is 0.219. The molecule has 0 saturated carbocycles. The van der Waals surface area contributed by atoms with Gasteiger partial charge in [-0.2, -0.15) is 0 Å². The predicted octanol–water partition coefficient (Wildman–Crippen LogP) is 4.97. The van der Waals surface area contributed by atoms with Gasteiger partial charge >= 0.3 is 5.97 Å². The maximum atomic E-state index is 11.6. The minimum atomic E-state index is -0.272. The number of fused-ring (bicyclic) bond motifs is 3. The molecule has 5 rings (SSSR count). The lowest BCUT2D eigenvalue weighted by molar-refractivity contribution is -0.139. The Labute approximate surface area is 188 Å². The third kappa shape index (κ3) is 3.71.